The van der Waals surface area contributed by atoms with Crippen LogP contribution < -0.4 is 5.32 Å². The van der Waals surface area contributed by atoms with E-state index in [1.165, 1.54) is 16.5 Å². The van der Waals surface area contributed by atoms with E-state index in [4.69, 9.17) is 27.6 Å². The van der Waals surface area contributed by atoms with Crippen LogP contribution in [0.15, 0.2) is 65.2 Å². The molecule has 0 aliphatic carbocycles. The summed E-state index contributed by atoms with van der Waals surface area (Å²) in [4.78, 5) is 3.32. The second-order valence-corrected chi connectivity index (χ2v) is 7.12. The van der Waals surface area contributed by atoms with Gasteiger partial charge in [-0.3, -0.25) is 0 Å². The van der Waals surface area contributed by atoms with Crippen LogP contribution in [0.5, 0.6) is 0 Å². The summed E-state index contributed by atoms with van der Waals surface area (Å²) in [6.45, 7) is 1.79. The molecule has 3 N–H and O–H groups in total. The number of nitrogens with two attached hydrogens (primary N) is 1. The van der Waals surface area contributed by atoms with Crippen molar-refractivity contribution in [3.05, 3.63) is 82.2 Å². The molecule has 2 aromatic carbocycles. The van der Waals surface area contributed by atoms with Gasteiger partial charge in [0, 0.05) is 34.1 Å². The quantitative estimate of drug-likeness (QED) is 0.448. The van der Waals surface area contributed by atoms with Gasteiger partial charge in [0.1, 0.15) is 12.3 Å². The summed E-state index contributed by atoms with van der Waals surface area (Å²) in [6.07, 6.45) is 3.11. The first-order valence-electron chi connectivity index (χ1n) is 8.61. The first kappa shape index (κ1) is 17.2. The summed E-state index contributed by atoms with van der Waals surface area (Å²) >= 11 is 12.3. The fourth-order valence-corrected chi connectivity index (χ4v) is 3.54. The molecule has 0 bridgehead atoms. The fourth-order valence-electron chi connectivity index (χ4n) is 3.16. The van der Waals surface area contributed by atoms with Crippen molar-refractivity contribution in [1.29, 1.82) is 0 Å². The molecule has 0 saturated carbocycles. The number of halogens is 2. The second-order valence-electron chi connectivity index (χ2n) is 6.28. The van der Waals surface area contributed by atoms with E-state index in [1.807, 2.05) is 18.2 Å². The van der Waals surface area contributed by atoms with E-state index in [2.05, 4.69) is 40.8 Å². The summed E-state index contributed by atoms with van der Waals surface area (Å²) in [5.41, 5.74) is 3.36. The Bertz CT molecular complexity index is 1040. The first-order chi connectivity index (χ1) is 12.7. The van der Waals surface area contributed by atoms with Gasteiger partial charge in [0.2, 0.25) is 0 Å². The van der Waals surface area contributed by atoms with Crippen LogP contribution in [0.2, 0.25) is 10.0 Å². The Morgan fingerprint density at radius 2 is 1.88 bits per heavy atom. The zero-order valence-electron chi connectivity index (χ0n) is 14.1. The molecule has 0 fully saturated rings. The maximum Gasteiger partial charge on any atom is 0.158 e. The fraction of sp³-hybridized carbons (Fsp3) is 0.143. The molecule has 4 aromatic rings. The molecular formula is C21H19Cl2N2O+. The van der Waals surface area contributed by atoms with Crippen molar-refractivity contribution in [3.63, 3.8) is 0 Å². The van der Waals surface area contributed by atoms with Crippen molar-refractivity contribution in [3.8, 4) is 11.3 Å². The number of fused-ring (bicyclic) bond motifs is 1. The highest BCUT2D eigenvalue weighted by molar-refractivity contribution is 6.35. The van der Waals surface area contributed by atoms with Crippen LogP contribution in [0.3, 0.4) is 0 Å². The molecule has 2 heterocycles. The molecule has 0 atom stereocenters. The molecule has 0 spiro atoms. The van der Waals surface area contributed by atoms with Gasteiger partial charge in [-0.25, -0.2) is 0 Å². The lowest BCUT2D eigenvalue weighted by molar-refractivity contribution is -0.671. The Morgan fingerprint density at radius 3 is 2.81 bits per heavy atom. The molecule has 0 aliphatic heterocycles. The molecule has 0 amide bonds. The minimum Gasteiger partial charge on any atom is -0.455 e. The van der Waals surface area contributed by atoms with Crippen molar-refractivity contribution in [2.75, 3.05) is 6.54 Å². The van der Waals surface area contributed by atoms with Crippen LogP contribution in [0, 0.1) is 0 Å². The predicted molar refractivity (Wildman–Crippen MR) is 107 cm³/mol. The van der Waals surface area contributed by atoms with E-state index in [1.54, 1.807) is 12.1 Å². The highest BCUT2D eigenvalue weighted by atomic mass is 35.5. The zero-order chi connectivity index (χ0) is 17.9. The third-order valence-electron chi connectivity index (χ3n) is 4.49. The maximum absolute atomic E-state index is 6.24. The zero-order valence-corrected chi connectivity index (χ0v) is 15.6. The van der Waals surface area contributed by atoms with Gasteiger partial charge in [-0.05, 0) is 42.0 Å². The van der Waals surface area contributed by atoms with Crippen LogP contribution in [0.1, 0.15) is 11.3 Å². The molecule has 132 valence electrons. The van der Waals surface area contributed by atoms with Gasteiger partial charge in [-0.15, -0.1) is 0 Å². The van der Waals surface area contributed by atoms with Crippen LogP contribution in [-0.2, 0) is 13.0 Å². The number of hydrogen-bond acceptors (Lipinski definition) is 1. The second kappa shape index (κ2) is 7.58. The molecule has 3 nitrogen and oxygen atoms in total. The molecule has 2 aromatic heterocycles. The minimum atomic E-state index is 0.638. The number of aromatic nitrogens is 1. The molecule has 0 aliphatic rings. The van der Waals surface area contributed by atoms with E-state index in [-0.39, 0.29) is 0 Å². The first-order valence-corrected chi connectivity index (χ1v) is 9.37. The lowest BCUT2D eigenvalue weighted by atomic mass is 10.1. The molecule has 5 heteroatoms. The van der Waals surface area contributed by atoms with Gasteiger partial charge >= 0.3 is 0 Å². The standard InChI is InChI=1S/C21H18Cl2N2O/c22-15-5-7-19(23)18(11-15)21-8-6-16(26-21)13-24-10-9-14-12-25-20-4-2-1-3-17(14)20/h1-8,11-12,24-25H,9-10,13H2/p+1. The highest BCUT2D eigenvalue weighted by Crippen LogP contribution is 2.31. The number of para-hydroxylation sites is 1. The normalized spacial score (nSPS) is 11.3. The third kappa shape index (κ3) is 3.65. The molecule has 4 rings (SSSR count). The number of furan rings is 1. The number of quaternary nitrogens is 1. The number of nitrogens with one attached hydrogen (secondary N) is 1. The monoisotopic (exact) mass is 385 g/mol. The lowest BCUT2D eigenvalue weighted by Gasteiger charge is -2.02. The average molecular weight is 386 g/mol. The summed E-state index contributed by atoms with van der Waals surface area (Å²) < 4.78 is 5.93. The lowest BCUT2D eigenvalue weighted by Crippen LogP contribution is -2.83. The number of rotatable bonds is 6. The number of hydrogen-bond donors (Lipinski definition) is 2. The summed E-state index contributed by atoms with van der Waals surface area (Å²) in [7, 11) is 0. The maximum atomic E-state index is 6.24. The number of aromatic amines is 1. The van der Waals surface area contributed by atoms with Gasteiger partial charge in [0.15, 0.2) is 5.76 Å². The Balaban J connectivity index is 1.36. The highest BCUT2D eigenvalue weighted by Gasteiger charge is 2.10. The Morgan fingerprint density at radius 1 is 1.00 bits per heavy atom. The van der Waals surface area contributed by atoms with E-state index in [0.29, 0.717) is 10.0 Å². The minimum absolute atomic E-state index is 0.638. The van der Waals surface area contributed by atoms with E-state index in [9.17, 15) is 0 Å². The number of benzene rings is 2. The molecular weight excluding hydrogens is 367 g/mol. The van der Waals surface area contributed by atoms with Gasteiger partial charge < -0.3 is 14.7 Å². The van der Waals surface area contributed by atoms with E-state index < -0.39 is 0 Å². The summed E-state index contributed by atoms with van der Waals surface area (Å²) in [5.74, 6) is 1.67. The van der Waals surface area contributed by atoms with Gasteiger partial charge in [-0.2, -0.15) is 0 Å². The van der Waals surface area contributed by atoms with Crippen LogP contribution in [0.4, 0.5) is 0 Å². The third-order valence-corrected chi connectivity index (χ3v) is 5.06. The number of H-pyrrole nitrogens is 1. The van der Waals surface area contributed by atoms with Crippen molar-refractivity contribution >= 4 is 34.1 Å². The Labute approximate surface area is 161 Å². The van der Waals surface area contributed by atoms with Crippen molar-refractivity contribution in [2.24, 2.45) is 0 Å². The van der Waals surface area contributed by atoms with E-state index in [0.717, 1.165) is 36.6 Å². The van der Waals surface area contributed by atoms with Crippen molar-refractivity contribution in [1.82, 2.24) is 4.98 Å². The van der Waals surface area contributed by atoms with Crippen LogP contribution in [-0.4, -0.2) is 11.5 Å². The van der Waals surface area contributed by atoms with Gasteiger partial charge in [-0.1, -0.05) is 41.4 Å². The van der Waals surface area contributed by atoms with Gasteiger partial charge in [0.05, 0.1) is 11.6 Å². The van der Waals surface area contributed by atoms with E-state index >= 15 is 0 Å². The van der Waals surface area contributed by atoms with Gasteiger partial charge in [0.25, 0.3) is 0 Å². The predicted octanol–water partition coefficient (Wildman–Crippen LogP) is 5.04. The Kier molecular flexibility index (Phi) is 5.02. The molecule has 0 radical (unpaired) electrons. The molecule has 0 unspecified atom stereocenters. The topological polar surface area (TPSA) is 45.5 Å². The Hall–Kier alpha value is -2.20. The van der Waals surface area contributed by atoms with Crippen molar-refractivity contribution < 1.29 is 9.73 Å². The van der Waals surface area contributed by atoms with Crippen LogP contribution >= 0.6 is 23.2 Å². The van der Waals surface area contributed by atoms with Crippen molar-refractivity contribution in [2.45, 2.75) is 13.0 Å². The summed E-state index contributed by atoms with van der Waals surface area (Å²) in [5, 5.41) is 4.84. The summed E-state index contributed by atoms with van der Waals surface area (Å²) in [6, 6.07) is 17.7. The average Bonchev–Trinajstić information content (AvgIpc) is 3.28. The van der Waals surface area contributed by atoms with Crippen LogP contribution in [0.25, 0.3) is 22.2 Å². The smallest absolute Gasteiger partial charge is 0.158 e. The largest absolute Gasteiger partial charge is 0.455 e. The molecule has 0 saturated heterocycles. The molecule has 26 heavy (non-hydrogen) atoms. The SMILES string of the molecule is Clc1ccc(Cl)c(-c2ccc(C[NH2+]CCc3c[nH]c4ccccc34)o2)c1.